The number of nitrogens with zero attached hydrogens (tertiary/aromatic N) is 2. The fourth-order valence-corrected chi connectivity index (χ4v) is 5.00. The number of benzene rings is 2. The third-order valence-electron chi connectivity index (χ3n) is 4.06. The third-order valence-corrected chi connectivity index (χ3v) is 6.69. The lowest BCUT2D eigenvalue weighted by Crippen LogP contribution is -2.30. The molecule has 2 aromatic carbocycles. The molecule has 1 aromatic heterocycles. The van der Waals surface area contributed by atoms with Crippen LogP contribution in [0, 0.1) is 13.8 Å². The van der Waals surface area contributed by atoms with Crippen LogP contribution in [0.15, 0.2) is 52.9 Å². The van der Waals surface area contributed by atoms with Crippen molar-refractivity contribution >= 4 is 32.4 Å². The van der Waals surface area contributed by atoms with Gasteiger partial charge < -0.3 is 5.32 Å². The summed E-state index contributed by atoms with van der Waals surface area (Å²) < 4.78 is 28.4. The number of carbonyl (C=O) groups excluding carboxylic acids is 1. The zero-order valence-corrected chi connectivity index (χ0v) is 17.3. The van der Waals surface area contributed by atoms with Crippen molar-refractivity contribution in [3.63, 3.8) is 0 Å². The maximum absolute atomic E-state index is 13.0. The minimum atomic E-state index is -3.95. The van der Waals surface area contributed by atoms with Gasteiger partial charge in [-0.15, -0.1) is 10.2 Å². The van der Waals surface area contributed by atoms with Crippen LogP contribution < -0.4 is 10.0 Å². The first-order valence-corrected chi connectivity index (χ1v) is 10.8. The molecule has 3 aromatic rings. The minimum Gasteiger partial charge on any atom is -0.301 e. The topological polar surface area (TPSA) is 101 Å². The number of aromatic nitrogens is 2. The van der Waals surface area contributed by atoms with Gasteiger partial charge in [0.15, 0.2) is 0 Å². The van der Waals surface area contributed by atoms with Crippen LogP contribution in [0.2, 0.25) is 0 Å². The highest BCUT2D eigenvalue weighted by molar-refractivity contribution is 7.91. The van der Waals surface area contributed by atoms with Gasteiger partial charge in [-0.2, -0.15) is 4.72 Å². The quantitative estimate of drug-likeness (QED) is 0.601. The fraction of sp³-hybridized carbons (Fsp3) is 0.211. The standard InChI is InChI=1S/C19H20N4O3S2/c1-12-9-10-16(13(2)11-12)17(15-7-5-4-6-8-15)23-28(25,26)19-22-21-18(27-19)20-14(3)24/h4-11,17,23H,1-3H3,(H,20,21,24)/t17-/m0/s1. The Morgan fingerprint density at radius 2 is 1.79 bits per heavy atom. The van der Waals surface area contributed by atoms with E-state index in [2.05, 4.69) is 20.2 Å². The van der Waals surface area contributed by atoms with Crippen molar-refractivity contribution in [1.29, 1.82) is 0 Å². The summed E-state index contributed by atoms with van der Waals surface area (Å²) in [5.74, 6) is -0.342. The third kappa shape index (κ3) is 4.61. The average molecular weight is 417 g/mol. The SMILES string of the molecule is CC(=O)Nc1nnc(S(=O)(=O)N[C@@H](c2ccccc2)c2ccc(C)cc2C)s1. The van der Waals surface area contributed by atoms with E-state index in [-0.39, 0.29) is 15.4 Å². The van der Waals surface area contributed by atoms with Crippen molar-refractivity contribution < 1.29 is 13.2 Å². The van der Waals surface area contributed by atoms with Crippen molar-refractivity contribution in [2.75, 3.05) is 5.32 Å². The van der Waals surface area contributed by atoms with Gasteiger partial charge in [-0.1, -0.05) is 65.4 Å². The molecule has 0 aliphatic rings. The maximum Gasteiger partial charge on any atom is 0.270 e. The lowest BCUT2D eigenvalue weighted by Gasteiger charge is -2.21. The summed E-state index contributed by atoms with van der Waals surface area (Å²) in [4.78, 5) is 11.1. The molecule has 0 unspecified atom stereocenters. The summed E-state index contributed by atoms with van der Waals surface area (Å²) in [6.07, 6.45) is 0. The number of hydrogen-bond donors (Lipinski definition) is 2. The smallest absolute Gasteiger partial charge is 0.270 e. The van der Waals surface area contributed by atoms with E-state index < -0.39 is 16.1 Å². The van der Waals surface area contributed by atoms with E-state index >= 15 is 0 Å². The van der Waals surface area contributed by atoms with Crippen LogP contribution >= 0.6 is 11.3 Å². The molecular weight excluding hydrogens is 396 g/mol. The van der Waals surface area contributed by atoms with Gasteiger partial charge in [0.2, 0.25) is 15.4 Å². The first kappa shape index (κ1) is 20.1. The number of sulfonamides is 1. The monoisotopic (exact) mass is 416 g/mol. The Hall–Kier alpha value is -2.62. The van der Waals surface area contributed by atoms with Crippen LogP contribution in [-0.2, 0) is 14.8 Å². The molecule has 0 saturated carbocycles. The van der Waals surface area contributed by atoms with E-state index in [4.69, 9.17) is 0 Å². The fourth-order valence-electron chi connectivity index (χ4n) is 2.83. The van der Waals surface area contributed by atoms with Gasteiger partial charge in [-0.3, -0.25) is 4.79 Å². The Labute approximate surface area is 167 Å². The average Bonchev–Trinajstić information content (AvgIpc) is 3.10. The molecular formula is C19H20N4O3S2. The molecule has 0 aliphatic carbocycles. The zero-order chi connectivity index (χ0) is 20.3. The highest BCUT2D eigenvalue weighted by Gasteiger charge is 2.27. The Morgan fingerprint density at radius 3 is 2.43 bits per heavy atom. The van der Waals surface area contributed by atoms with Gasteiger partial charge >= 0.3 is 0 Å². The van der Waals surface area contributed by atoms with E-state index in [1.807, 2.05) is 62.4 Å². The van der Waals surface area contributed by atoms with Crippen molar-refractivity contribution in [3.05, 3.63) is 70.8 Å². The van der Waals surface area contributed by atoms with Gasteiger partial charge in [0.25, 0.3) is 10.0 Å². The molecule has 0 spiro atoms. The molecule has 0 bridgehead atoms. The predicted octanol–water partition coefficient (Wildman–Crippen LogP) is 3.18. The summed E-state index contributed by atoms with van der Waals surface area (Å²) in [6, 6.07) is 14.6. The minimum absolute atomic E-state index is 0.135. The Bertz CT molecular complexity index is 1100. The number of aryl methyl sites for hydroxylation is 2. The van der Waals surface area contributed by atoms with Crippen LogP contribution in [0.4, 0.5) is 5.13 Å². The number of nitrogens with one attached hydrogen (secondary N) is 2. The molecule has 7 nitrogen and oxygen atoms in total. The van der Waals surface area contributed by atoms with Gasteiger partial charge in [-0.25, -0.2) is 8.42 Å². The number of rotatable bonds is 6. The second-order valence-electron chi connectivity index (χ2n) is 6.38. The molecule has 2 N–H and O–H groups in total. The molecule has 28 heavy (non-hydrogen) atoms. The van der Waals surface area contributed by atoms with Gasteiger partial charge in [-0.05, 0) is 30.5 Å². The van der Waals surface area contributed by atoms with E-state index in [1.165, 1.54) is 6.92 Å². The Kier molecular flexibility index (Phi) is 5.87. The summed E-state index contributed by atoms with van der Waals surface area (Å²) in [5.41, 5.74) is 3.74. The summed E-state index contributed by atoms with van der Waals surface area (Å²) in [5, 5.41) is 10.0. The van der Waals surface area contributed by atoms with Crippen LogP contribution in [0.25, 0.3) is 0 Å². The first-order valence-electron chi connectivity index (χ1n) is 8.52. The molecule has 0 fully saturated rings. The van der Waals surface area contributed by atoms with Crippen LogP contribution in [-0.4, -0.2) is 24.5 Å². The van der Waals surface area contributed by atoms with E-state index in [1.54, 1.807) is 0 Å². The summed E-state index contributed by atoms with van der Waals surface area (Å²) >= 11 is 0.803. The molecule has 146 valence electrons. The van der Waals surface area contributed by atoms with Crippen molar-refractivity contribution in [1.82, 2.24) is 14.9 Å². The first-order chi connectivity index (χ1) is 13.3. The van der Waals surface area contributed by atoms with E-state index in [0.717, 1.165) is 33.6 Å². The summed E-state index contributed by atoms with van der Waals surface area (Å²) in [6.45, 7) is 5.26. The van der Waals surface area contributed by atoms with Gasteiger partial charge in [0, 0.05) is 6.92 Å². The molecule has 0 saturated heterocycles. The maximum atomic E-state index is 13.0. The van der Waals surface area contributed by atoms with E-state index in [0.29, 0.717) is 0 Å². The largest absolute Gasteiger partial charge is 0.301 e. The van der Waals surface area contributed by atoms with Crippen molar-refractivity contribution in [2.24, 2.45) is 0 Å². The Balaban J connectivity index is 1.99. The van der Waals surface area contributed by atoms with E-state index in [9.17, 15) is 13.2 Å². The summed E-state index contributed by atoms with van der Waals surface area (Å²) in [7, 11) is -3.95. The van der Waals surface area contributed by atoms with Gasteiger partial charge in [0.05, 0.1) is 6.04 Å². The van der Waals surface area contributed by atoms with Crippen LogP contribution in [0.5, 0.6) is 0 Å². The lowest BCUT2D eigenvalue weighted by atomic mass is 9.95. The molecule has 0 radical (unpaired) electrons. The molecule has 1 amide bonds. The molecule has 1 atom stereocenters. The Morgan fingerprint density at radius 1 is 1.07 bits per heavy atom. The molecule has 1 heterocycles. The second kappa shape index (κ2) is 8.17. The zero-order valence-electron chi connectivity index (χ0n) is 15.6. The van der Waals surface area contributed by atoms with Gasteiger partial charge in [0.1, 0.15) is 0 Å². The number of anilines is 1. The molecule has 3 rings (SSSR count). The van der Waals surface area contributed by atoms with Crippen molar-refractivity contribution in [2.45, 2.75) is 31.2 Å². The number of carbonyl (C=O) groups is 1. The number of hydrogen-bond acceptors (Lipinski definition) is 6. The normalized spacial score (nSPS) is 12.5. The molecule has 0 aliphatic heterocycles. The van der Waals surface area contributed by atoms with Crippen LogP contribution in [0.3, 0.4) is 0 Å². The van der Waals surface area contributed by atoms with Crippen LogP contribution in [0.1, 0.15) is 35.2 Å². The number of amides is 1. The molecule has 9 heteroatoms. The van der Waals surface area contributed by atoms with Crippen molar-refractivity contribution in [3.8, 4) is 0 Å². The second-order valence-corrected chi connectivity index (χ2v) is 9.24. The highest BCUT2D eigenvalue weighted by atomic mass is 32.2. The predicted molar refractivity (Wildman–Crippen MR) is 109 cm³/mol. The highest BCUT2D eigenvalue weighted by Crippen LogP contribution is 2.29. The lowest BCUT2D eigenvalue weighted by molar-refractivity contribution is -0.114.